The highest BCUT2D eigenvalue weighted by Gasteiger charge is 2.26. The summed E-state index contributed by atoms with van der Waals surface area (Å²) in [6, 6.07) is 8.50. The predicted molar refractivity (Wildman–Crippen MR) is 68.1 cm³/mol. The van der Waals surface area contributed by atoms with Crippen LogP contribution in [0.15, 0.2) is 24.3 Å². The van der Waals surface area contributed by atoms with Crippen molar-refractivity contribution >= 4 is 0 Å². The van der Waals surface area contributed by atoms with Gasteiger partial charge in [-0.15, -0.1) is 0 Å². The largest absolute Gasteiger partial charge is 0.497 e. The van der Waals surface area contributed by atoms with Crippen LogP contribution in [-0.2, 0) is 0 Å². The van der Waals surface area contributed by atoms with E-state index in [2.05, 4.69) is 24.4 Å². The molecule has 0 amide bonds. The van der Waals surface area contributed by atoms with E-state index in [1.54, 1.807) is 7.11 Å². The lowest BCUT2D eigenvalue weighted by molar-refractivity contribution is 0.0420. The molecule has 0 heterocycles. The third-order valence-electron chi connectivity index (χ3n) is 3.54. The van der Waals surface area contributed by atoms with Gasteiger partial charge in [-0.1, -0.05) is 12.1 Å². The fourth-order valence-electron chi connectivity index (χ4n) is 2.22. The minimum atomic E-state index is -0.0573. The Labute approximate surface area is 103 Å². The van der Waals surface area contributed by atoms with Crippen LogP contribution in [0.25, 0.3) is 0 Å². The van der Waals surface area contributed by atoms with Crippen LogP contribution in [0.5, 0.6) is 5.75 Å². The second-order valence-electron chi connectivity index (χ2n) is 4.89. The number of nitrogens with one attached hydrogen (secondary N) is 1. The molecular weight excluding hydrogens is 214 g/mol. The lowest BCUT2D eigenvalue weighted by Gasteiger charge is -2.32. The van der Waals surface area contributed by atoms with Crippen molar-refractivity contribution in [2.45, 2.75) is 31.9 Å². The first kappa shape index (κ1) is 12.4. The summed E-state index contributed by atoms with van der Waals surface area (Å²) in [6.45, 7) is 3.15. The van der Waals surface area contributed by atoms with Gasteiger partial charge in [0.15, 0.2) is 0 Å². The molecule has 0 radical (unpaired) electrons. The van der Waals surface area contributed by atoms with Crippen LogP contribution >= 0.6 is 0 Å². The number of aliphatic hydroxyl groups excluding tert-OH is 1. The standard InChI is InChI=1S/C14H21NO2/c1-10(15-9-11-7-13(16)8-11)12-3-5-14(17-2)6-4-12/h3-6,10-11,13,15-16H,7-9H2,1-2H3. The molecule has 1 atom stereocenters. The van der Waals surface area contributed by atoms with Gasteiger partial charge in [-0.3, -0.25) is 0 Å². The van der Waals surface area contributed by atoms with E-state index in [0.717, 1.165) is 25.1 Å². The second-order valence-corrected chi connectivity index (χ2v) is 4.89. The molecule has 0 saturated heterocycles. The van der Waals surface area contributed by atoms with E-state index in [1.165, 1.54) is 5.56 Å². The topological polar surface area (TPSA) is 41.5 Å². The summed E-state index contributed by atoms with van der Waals surface area (Å²) in [5, 5.41) is 12.7. The number of hydrogen-bond donors (Lipinski definition) is 2. The Balaban J connectivity index is 1.80. The second kappa shape index (κ2) is 5.52. The molecule has 94 valence electrons. The van der Waals surface area contributed by atoms with Gasteiger partial charge in [0.05, 0.1) is 13.2 Å². The molecule has 3 heteroatoms. The van der Waals surface area contributed by atoms with Crippen molar-refractivity contribution in [3.63, 3.8) is 0 Å². The van der Waals surface area contributed by atoms with Crippen LogP contribution in [-0.4, -0.2) is 24.9 Å². The third kappa shape index (κ3) is 3.20. The zero-order chi connectivity index (χ0) is 12.3. The monoisotopic (exact) mass is 235 g/mol. The minimum Gasteiger partial charge on any atom is -0.497 e. The lowest BCUT2D eigenvalue weighted by atomic mass is 9.82. The Kier molecular flexibility index (Phi) is 4.02. The van der Waals surface area contributed by atoms with Gasteiger partial charge in [0.1, 0.15) is 5.75 Å². The fourth-order valence-corrected chi connectivity index (χ4v) is 2.22. The highest BCUT2D eigenvalue weighted by Crippen LogP contribution is 2.27. The number of ether oxygens (including phenoxy) is 1. The smallest absolute Gasteiger partial charge is 0.118 e. The highest BCUT2D eigenvalue weighted by atomic mass is 16.5. The van der Waals surface area contributed by atoms with Crippen molar-refractivity contribution in [3.05, 3.63) is 29.8 Å². The zero-order valence-electron chi connectivity index (χ0n) is 10.5. The maximum absolute atomic E-state index is 9.22. The molecule has 1 aliphatic carbocycles. The normalized spacial score (nSPS) is 25.1. The van der Waals surface area contributed by atoms with Gasteiger partial charge < -0.3 is 15.2 Å². The number of aliphatic hydroxyl groups is 1. The van der Waals surface area contributed by atoms with Crippen LogP contribution in [0.4, 0.5) is 0 Å². The molecule has 1 aliphatic rings. The summed E-state index contributed by atoms with van der Waals surface area (Å²) in [4.78, 5) is 0. The first-order chi connectivity index (χ1) is 8.19. The number of rotatable bonds is 5. The summed E-state index contributed by atoms with van der Waals surface area (Å²) < 4.78 is 5.14. The Hall–Kier alpha value is -1.06. The molecule has 0 aliphatic heterocycles. The first-order valence-corrected chi connectivity index (χ1v) is 6.24. The maximum Gasteiger partial charge on any atom is 0.118 e. The molecule has 2 N–H and O–H groups in total. The van der Waals surface area contributed by atoms with Gasteiger partial charge in [0, 0.05) is 6.04 Å². The summed E-state index contributed by atoms with van der Waals surface area (Å²) in [7, 11) is 1.68. The molecular formula is C14H21NO2. The molecule has 0 aromatic heterocycles. The van der Waals surface area contributed by atoms with E-state index in [4.69, 9.17) is 4.74 Å². The van der Waals surface area contributed by atoms with E-state index in [-0.39, 0.29) is 6.10 Å². The molecule has 1 unspecified atom stereocenters. The molecule has 0 bridgehead atoms. The van der Waals surface area contributed by atoms with Crippen molar-refractivity contribution < 1.29 is 9.84 Å². The van der Waals surface area contributed by atoms with Crippen molar-refractivity contribution in [2.24, 2.45) is 5.92 Å². The van der Waals surface area contributed by atoms with Crippen LogP contribution in [0.3, 0.4) is 0 Å². The van der Waals surface area contributed by atoms with E-state index in [0.29, 0.717) is 12.0 Å². The number of benzene rings is 1. The third-order valence-corrected chi connectivity index (χ3v) is 3.54. The van der Waals surface area contributed by atoms with Gasteiger partial charge >= 0.3 is 0 Å². The quantitative estimate of drug-likeness (QED) is 0.821. The molecule has 3 nitrogen and oxygen atoms in total. The van der Waals surface area contributed by atoms with Crippen LogP contribution < -0.4 is 10.1 Å². The molecule has 1 aromatic carbocycles. The molecule has 1 saturated carbocycles. The number of hydrogen-bond acceptors (Lipinski definition) is 3. The Morgan fingerprint density at radius 3 is 2.53 bits per heavy atom. The van der Waals surface area contributed by atoms with Gasteiger partial charge in [0.2, 0.25) is 0 Å². The predicted octanol–water partition coefficient (Wildman–Crippen LogP) is 2.12. The Morgan fingerprint density at radius 2 is 2.00 bits per heavy atom. The van der Waals surface area contributed by atoms with Crippen molar-refractivity contribution in [3.8, 4) is 5.75 Å². The molecule has 0 spiro atoms. The molecule has 2 rings (SSSR count). The summed E-state index contributed by atoms with van der Waals surface area (Å²) in [5.41, 5.74) is 1.27. The van der Waals surface area contributed by atoms with E-state index in [9.17, 15) is 5.11 Å². The Morgan fingerprint density at radius 1 is 1.35 bits per heavy atom. The van der Waals surface area contributed by atoms with Gasteiger partial charge in [0.25, 0.3) is 0 Å². The maximum atomic E-state index is 9.22. The van der Waals surface area contributed by atoms with Crippen LogP contribution in [0.1, 0.15) is 31.4 Å². The first-order valence-electron chi connectivity index (χ1n) is 6.24. The molecule has 1 aromatic rings. The fraction of sp³-hybridized carbons (Fsp3) is 0.571. The van der Waals surface area contributed by atoms with Gasteiger partial charge in [-0.25, -0.2) is 0 Å². The zero-order valence-corrected chi connectivity index (χ0v) is 10.5. The summed E-state index contributed by atoms with van der Waals surface area (Å²) >= 11 is 0. The van der Waals surface area contributed by atoms with E-state index >= 15 is 0 Å². The van der Waals surface area contributed by atoms with Crippen molar-refractivity contribution in [2.75, 3.05) is 13.7 Å². The van der Waals surface area contributed by atoms with Gasteiger partial charge in [-0.2, -0.15) is 0 Å². The average Bonchev–Trinajstić information content (AvgIpc) is 2.33. The highest BCUT2D eigenvalue weighted by molar-refractivity contribution is 5.28. The van der Waals surface area contributed by atoms with Gasteiger partial charge in [-0.05, 0) is 49.9 Å². The molecule has 17 heavy (non-hydrogen) atoms. The summed E-state index contributed by atoms with van der Waals surface area (Å²) in [6.07, 6.45) is 1.84. The lowest BCUT2D eigenvalue weighted by Crippen LogP contribution is -2.36. The van der Waals surface area contributed by atoms with Crippen molar-refractivity contribution in [1.82, 2.24) is 5.32 Å². The van der Waals surface area contributed by atoms with E-state index < -0.39 is 0 Å². The summed E-state index contributed by atoms with van der Waals surface area (Å²) in [5.74, 6) is 1.54. The minimum absolute atomic E-state index is 0.0573. The average molecular weight is 235 g/mol. The van der Waals surface area contributed by atoms with Crippen molar-refractivity contribution in [1.29, 1.82) is 0 Å². The van der Waals surface area contributed by atoms with E-state index in [1.807, 2.05) is 12.1 Å². The molecule has 1 fully saturated rings. The van der Waals surface area contributed by atoms with Crippen LogP contribution in [0, 0.1) is 5.92 Å². The Bertz CT molecular complexity index is 344. The van der Waals surface area contributed by atoms with Crippen LogP contribution in [0.2, 0.25) is 0 Å². The number of methoxy groups -OCH3 is 1. The SMILES string of the molecule is COc1ccc(C(C)NCC2CC(O)C2)cc1.